The second-order valence-electron chi connectivity index (χ2n) is 6.90. The third-order valence-electron chi connectivity index (χ3n) is 5.26. The minimum atomic E-state index is 0.641. The zero-order valence-electron chi connectivity index (χ0n) is 13.5. The van der Waals surface area contributed by atoms with Crippen molar-refractivity contribution in [2.24, 2.45) is 11.8 Å². The van der Waals surface area contributed by atoms with Gasteiger partial charge >= 0.3 is 0 Å². The van der Waals surface area contributed by atoms with E-state index in [1.54, 1.807) is 7.11 Å². The Morgan fingerprint density at radius 2 is 1.71 bits per heavy atom. The van der Waals surface area contributed by atoms with Gasteiger partial charge in [0.15, 0.2) is 0 Å². The van der Waals surface area contributed by atoms with Crippen LogP contribution in [0.25, 0.3) is 0 Å². The van der Waals surface area contributed by atoms with Crippen molar-refractivity contribution in [3.05, 3.63) is 24.3 Å². The number of likely N-dealkylation sites (tertiary alicyclic amines) is 1. The number of hydrogen-bond donors (Lipinski definition) is 1. The number of nitrogens with one attached hydrogen (secondary N) is 1. The number of piperidine rings is 1. The van der Waals surface area contributed by atoms with Gasteiger partial charge in [-0.25, -0.2) is 0 Å². The van der Waals surface area contributed by atoms with Gasteiger partial charge in [-0.3, -0.25) is 0 Å². The highest BCUT2D eigenvalue weighted by Crippen LogP contribution is 2.37. The monoisotopic (exact) mass is 288 g/mol. The Bertz CT molecular complexity index is 443. The number of benzene rings is 1. The van der Waals surface area contributed by atoms with Gasteiger partial charge in [0.1, 0.15) is 5.75 Å². The first-order valence-corrected chi connectivity index (χ1v) is 8.32. The second kappa shape index (κ2) is 6.27. The molecule has 0 aromatic heterocycles. The summed E-state index contributed by atoms with van der Waals surface area (Å²) in [5, 5.41) is 3.81. The van der Waals surface area contributed by atoms with E-state index in [0.29, 0.717) is 12.1 Å². The van der Waals surface area contributed by atoms with E-state index in [4.69, 9.17) is 4.74 Å². The molecule has 0 radical (unpaired) electrons. The largest absolute Gasteiger partial charge is 0.497 e. The summed E-state index contributed by atoms with van der Waals surface area (Å²) < 4.78 is 5.24. The predicted molar refractivity (Wildman–Crippen MR) is 87.9 cm³/mol. The molecule has 1 aliphatic carbocycles. The van der Waals surface area contributed by atoms with Crippen LogP contribution in [0.3, 0.4) is 0 Å². The van der Waals surface area contributed by atoms with Gasteiger partial charge in [0, 0.05) is 30.9 Å². The fourth-order valence-corrected chi connectivity index (χ4v) is 4.01. The maximum Gasteiger partial charge on any atom is 0.119 e. The van der Waals surface area contributed by atoms with Crippen molar-refractivity contribution < 1.29 is 4.74 Å². The van der Waals surface area contributed by atoms with Crippen molar-refractivity contribution in [3.8, 4) is 5.75 Å². The van der Waals surface area contributed by atoms with Crippen LogP contribution < -0.4 is 10.1 Å². The van der Waals surface area contributed by atoms with Gasteiger partial charge in [-0.05, 0) is 62.8 Å². The van der Waals surface area contributed by atoms with Crippen molar-refractivity contribution in [1.29, 1.82) is 0 Å². The van der Waals surface area contributed by atoms with Crippen LogP contribution in [-0.2, 0) is 0 Å². The molecule has 1 aromatic carbocycles. The van der Waals surface area contributed by atoms with Crippen LogP contribution in [0.4, 0.5) is 5.69 Å². The Balaban J connectivity index is 1.70. The molecule has 3 rings (SSSR count). The van der Waals surface area contributed by atoms with Gasteiger partial charge in [0.05, 0.1) is 7.11 Å². The van der Waals surface area contributed by atoms with Gasteiger partial charge in [0.2, 0.25) is 0 Å². The summed E-state index contributed by atoms with van der Waals surface area (Å²) in [7, 11) is 1.72. The molecule has 1 N–H and O–H groups in total. The molecule has 1 aliphatic heterocycles. The normalized spacial score (nSPS) is 29.4. The standard InChI is InChI=1S/C18H28N2O/c1-13(2)20-11-14-5-4-6-15(12-20)18(14)19-16-7-9-17(21-3)10-8-16/h7-10,13-15,18-19H,4-6,11-12H2,1-3H3. The molecule has 2 fully saturated rings. The van der Waals surface area contributed by atoms with Crippen LogP contribution >= 0.6 is 0 Å². The van der Waals surface area contributed by atoms with E-state index >= 15 is 0 Å². The lowest BCUT2D eigenvalue weighted by Gasteiger charge is -2.49. The third-order valence-corrected chi connectivity index (χ3v) is 5.26. The molecule has 2 unspecified atom stereocenters. The fraction of sp³-hybridized carbons (Fsp3) is 0.667. The summed E-state index contributed by atoms with van der Waals surface area (Å²) in [6.45, 7) is 7.16. The first kappa shape index (κ1) is 14.7. The molecule has 0 amide bonds. The first-order chi connectivity index (χ1) is 10.2. The van der Waals surface area contributed by atoms with Gasteiger partial charge in [-0.15, -0.1) is 0 Å². The number of anilines is 1. The molecular weight excluding hydrogens is 260 g/mol. The number of rotatable bonds is 4. The Hall–Kier alpha value is -1.22. The molecule has 3 nitrogen and oxygen atoms in total. The van der Waals surface area contributed by atoms with E-state index in [2.05, 4.69) is 36.2 Å². The highest BCUT2D eigenvalue weighted by molar-refractivity contribution is 5.47. The van der Waals surface area contributed by atoms with Crippen molar-refractivity contribution in [2.45, 2.75) is 45.2 Å². The van der Waals surface area contributed by atoms with E-state index in [9.17, 15) is 0 Å². The first-order valence-electron chi connectivity index (χ1n) is 8.32. The smallest absolute Gasteiger partial charge is 0.119 e. The second-order valence-corrected chi connectivity index (χ2v) is 6.90. The number of ether oxygens (including phenoxy) is 1. The summed E-state index contributed by atoms with van der Waals surface area (Å²) in [6, 6.07) is 9.69. The topological polar surface area (TPSA) is 24.5 Å². The zero-order valence-corrected chi connectivity index (χ0v) is 13.5. The van der Waals surface area contributed by atoms with E-state index < -0.39 is 0 Å². The maximum absolute atomic E-state index is 5.24. The molecule has 0 spiro atoms. The molecule has 1 heterocycles. The van der Waals surface area contributed by atoms with Crippen LogP contribution in [0.5, 0.6) is 5.75 Å². The Labute approximate surface area is 128 Å². The fourth-order valence-electron chi connectivity index (χ4n) is 4.01. The van der Waals surface area contributed by atoms with Crippen LogP contribution in [0.2, 0.25) is 0 Å². The Kier molecular flexibility index (Phi) is 4.39. The highest BCUT2D eigenvalue weighted by atomic mass is 16.5. The summed E-state index contributed by atoms with van der Waals surface area (Å²) >= 11 is 0. The van der Waals surface area contributed by atoms with Crippen LogP contribution in [0.1, 0.15) is 33.1 Å². The summed E-state index contributed by atoms with van der Waals surface area (Å²) in [5.41, 5.74) is 1.23. The van der Waals surface area contributed by atoms with E-state index in [-0.39, 0.29) is 0 Å². The number of hydrogen-bond acceptors (Lipinski definition) is 3. The highest BCUT2D eigenvalue weighted by Gasteiger charge is 2.39. The molecule has 2 aliphatic rings. The van der Waals surface area contributed by atoms with Crippen molar-refractivity contribution >= 4 is 5.69 Å². The maximum atomic E-state index is 5.24. The predicted octanol–water partition coefficient (Wildman–Crippen LogP) is 3.62. The molecule has 116 valence electrons. The lowest BCUT2D eigenvalue weighted by molar-refractivity contribution is 0.0518. The minimum Gasteiger partial charge on any atom is -0.497 e. The van der Waals surface area contributed by atoms with Crippen molar-refractivity contribution in [1.82, 2.24) is 4.90 Å². The molecule has 2 bridgehead atoms. The number of methoxy groups -OCH3 is 1. The zero-order chi connectivity index (χ0) is 14.8. The lowest BCUT2D eigenvalue weighted by Crippen LogP contribution is -2.56. The molecular formula is C18H28N2O. The molecule has 3 heteroatoms. The number of nitrogens with zero attached hydrogens (tertiary/aromatic N) is 1. The Morgan fingerprint density at radius 3 is 2.24 bits per heavy atom. The molecule has 1 aromatic rings. The van der Waals surface area contributed by atoms with E-state index in [0.717, 1.165) is 17.6 Å². The lowest BCUT2D eigenvalue weighted by atomic mass is 9.73. The summed E-state index contributed by atoms with van der Waals surface area (Å²) in [5.74, 6) is 2.51. The molecule has 21 heavy (non-hydrogen) atoms. The van der Waals surface area contributed by atoms with Crippen LogP contribution in [-0.4, -0.2) is 37.2 Å². The average Bonchev–Trinajstić information content (AvgIpc) is 2.47. The van der Waals surface area contributed by atoms with E-state index in [1.807, 2.05) is 12.1 Å². The molecule has 1 saturated heterocycles. The van der Waals surface area contributed by atoms with Gasteiger partial charge < -0.3 is 15.0 Å². The van der Waals surface area contributed by atoms with Gasteiger partial charge in [-0.1, -0.05) is 6.42 Å². The third kappa shape index (κ3) is 3.18. The SMILES string of the molecule is COc1ccc(NC2C3CCCC2CN(C(C)C)C3)cc1. The van der Waals surface area contributed by atoms with Crippen LogP contribution in [0.15, 0.2) is 24.3 Å². The van der Waals surface area contributed by atoms with Crippen molar-refractivity contribution in [3.63, 3.8) is 0 Å². The minimum absolute atomic E-state index is 0.641. The van der Waals surface area contributed by atoms with Crippen LogP contribution in [0, 0.1) is 11.8 Å². The molecule has 1 saturated carbocycles. The quantitative estimate of drug-likeness (QED) is 0.916. The Morgan fingerprint density at radius 1 is 1.10 bits per heavy atom. The van der Waals surface area contributed by atoms with E-state index in [1.165, 1.54) is 38.0 Å². The summed E-state index contributed by atoms with van der Waals surface area (Å²) in [4.78, 5) is 2.67. The summed E-state index contributed by atoms with van der Waals surface area (Å²) in [6.07, 6.45) is 4.14. The van der Waals surface area contributed by atoms with Gasteiger partial charge in [0.25, 0.3) is 0 Å². The molecule has 2 atom stereocenters. The van der Waals surface area contributed by atoms with Gasteiger partial charge in [-0.2, -0.15) is 0 Å². The average molecular weight is 288 g/mol. The van der Waals surface area contributed by atoms with Crippen molar-refractivity contribution in [2.75, 3.05) is 25.5 Å². The number of fused-ring (bicyclic) bond motifs is 2.